The zero-order valence-electron chi connectivity index (χ0n) is 28.5. The SMILES string of the molecule is CCCCCCCC(C(CCCC)Sc1nc(-c2ccccc2)c(-c2ccc(S(C)(=O)=O)cc2)[nH]1)N(CCCCCCC)C(N)=O. The summed E-state index contributed by atoms with van der Waals surface area (Å²) in [6.07, 6.45) is 16.8. The summed E-state index contributed by atoms with van der Waals surface area (Å²) in [4.78, 5) is 24.0. The molecule has 9 heteroatoms. The topological polar surface area (TPSA) is 109 Å². The van der Waals surface area contributed by atoms with Crippen molar-refractivity contribution in [3.63, 3.8) is 0 Å². The number of imidazole rings is 1. The highest BCUT2D eigenvalue weighted by molar-refractivity contribution is 7.99. The summed E-state index contributed by atoms with van der Waals surface area (Å²) in [6.45, 7) is 7.34. The van der Waals surface area contributed by atoms with Gasteiger partial charge in [0.25, 0.3) is 0 Å². The Morgan fingerprint density at radius 1 is 0.804 bits per heavy atom. The number of carbonyl (C=O) groups is 1. The third-order valence-electron chi connectivity index (χ3n) is 8.62. The number of primary amides is 1. The van der Waals surface area contributed by atoms with Crippen molar-refractivity contribution in [3.8, 4) is 22.5 Å². The van der Waals surface area contributed by atoms with Gasteiger partial charge in [0.05, 0.1) is 16.3 Å². The van der Waals surface area contributed by atoms with Gasteiger partial charge < -0.3 is 15.6 Å². The van der Waals surface area contributed by atoms with Gasteiger partial charge in [-0.05, 0) is 31.4 Å². The number of aromatic nitrogens is 2. The monoisotopic (exact) mass is 668 g/mol. The fourth-order valence-electron chi connectivity index (χ4n) is 5.99. The van der Waals surface area contributed by atoms with Crippen LogP contribution >= 0.6 is 11.8 Å². The minimum atomic E-state index is -3.31. The summed E-state index contributed by atoms with van der Waals surface area (Å²) in [5.41, 5.74) is 9.65. The van der Waals surface area contributed by atoms with Crippen molar-refractivity contribution in [3.05, 3.63) is 54.6 Å². The van der Waals surface area contributed by atoms with E-state index in [4.69, 9.17) is 10.7 Å². The van der Waals surface area contributed by atoms with E-state index in [2.05, 4.69) is 25.8 Å². The minimum Gasteiger partial charge on any atom is -0.351 e. The van der Waals surface area contributed by atoms with E-state index in [1.807, 2.05) is 47.4 Å². The molecule has 7 nitrogen and oxygen atoms in total. The lowest BCUT2D eigenvalue weighted by Crippen LogP contribution is -2.49. The molecule has 2 atom stereocenters. The van der Waals surface area contributed by atoms with E-state index in [1.165, 1.54) is 44.8 Å². The van der Waals surface area contributed by atoms with Crippen molar-refractivity contribution in [1.29, 1.82) is 0 Å². The average molecular weight is 669 g/mol. The molecule has 0 saturated carbocycles. The van der Waals surface area contributed by atoms with Crippen LogP contribution in [0.2, 0.25) is 0 Å². The fourth-order valence-corrected chi connectivity index (χ4v) is 7.94. The molecule has 3 aromatic rings. The van der Waals surface area contributed by atoms with Crippen molar-refractivity contribution in [1.82, 2.24) is 14.9 Å². The van der Waals surface area contributed by atoms with Crippen LogP contribution in [0.3, 0.4) is 0 Å². The second-order valence-corrected chi connectivity index (χ2v) is 15.7. The van der Waals surface area contributed by atoms with Crippen molar-refractivity contribution in [2.75, 3.05) is 12.8 Å². The molecule has 1 aromatic heterocycles. The van der Waals surface area contributed by atoms with Gasteiger partial charge in [0.1, 0.15) is 0 Å². The summed E-state index contributed by atoms with van der Waals surface area (Å²) in [6, 6.07) is 16.7. The average Bonchev–Trinajstić information content (AvgIpc) is 3.47. The molecule has 2 unspecified atom stereocenters. The smallest absolute Gasteiger partial charge is 0.315 e. The Hall–Kier alpha value is -2.78. The van der Waals surface area contributed by atoms with E-state index in [1.54, 1.807) is 23.9 Å². The molecule has 2 aromatic carbocycles. The molecule has 3 rings (SSSR count). The second-order valence-electron chi connectivity index (χ2n) is 12.4. The molecule has 0 spiro atoms. The summed E-state index contributed by atoms with van der Waals surface area (Å²) < 4.78 is 24.3. The largest absolute Gasteiger partial charge is 0.351 e. The lowest BCUT2D eigenvalue weighted by atomic mass is 9.98. The van der Waals surface area contributed by atoms with Crippen molar-refractivity contribution in [2.45, 2.75) is 132 Å². The van der Waals surface area contributed by atoms with Gasteiger partial charge in [-0.15, -0.1) is 0 Å². The van der Waals surface area contributed by atoms with E-state index in [9.17, 15) is 13.2 Å². The maximum Gasteiger partial charge on any atom is 0.315 e. The van der Waals surface area contributed by atoms with E-state index < -0.39 is 9.84 Å². The molecule has 0 saturated heterocycles. The first-order valence-electron chi connectivity index (χ1n) is 17.4. The highest BCUT2D eigenvalue weighted by Crippen LogP contribution is 2.37. The van der Waals surface area contributed by atoms with Gasteiger partial charge in [0.2, 0.25) is 0 Å². The van der Waals surface area contributed by atoms with Gasteiger partial charge in [0, 0.05) is 35.2 Å². The highest BCUT2D eigenvalue weighted by Gasteiger charge is 2.31. The zero-order chi connectivity index (χ0) is 33.4. The number of H-pyrrole nitrogens is 1. The van der Waals surface area contributed by atoms with Crippen molar-refractivity contribution >= 4 is 27.6 Å². The van der Waals surface area contributed by atoms with E-state index in [-0.39, 0.29) is 22.2 Å². The summed E-state index contributed by atoms with van der Waals surface area (Å²) in [5.74, 6) is 0. The Balaban J connectivity index is 1.99. The first kappa shape index (κ1) is 37.7. The van der Waals surface area contributed by atoms with E-state index >= 15 is 0 Å². The quantitative estimate of drug-likeness (QED) is 0.0818. The van der Waals surface area contributed by atoms with Crippen LogP contribution in [0.5, 0.6) is 0 Å². The Morgan fingerprint density at radius 2 is 1.41 bits per heavy atom. The molecular weight excluding hydrogens is 613 g/mol. The maximum absolute atomic E-state index is 13.0. The number of hydrogen-bond donors (Lipinski definition) is 2. The predicted octanol–water partition coefficient (Wildman–Crippen LogP) is 9.88. The summed E-state index contributed by atoms with van der Waals surface area (Å²) in [7, 11) is -3.31. The number of nitrogens with zero attached hydrogens (tertiary/aromatic N) is 2. The number of thioether (sulfide) groups is 1. The third kappa shape index (κ3) is 11.8. The molecular formula is C37H56N4O3S2. The molecule has 0 aliphatic carbocycles. The standard InChI is InChI=1S/C37H56N4O3S2/c1-5-8-11-13-18-22-32(41(36(38)42)28-19-14-12-9-6-2)33(23-10-7-3)45-37-39-34(29-20-16-15-17-21-29)35(40-37)30-24-26-31(27-25-30)46(4,43)44/h15-17,20-21,24-27,32-33H,5-14,18-19,22-23,28H2,1-4H3,(H2,38,42)(H,39,40). The molecule has 2 amide bonds. The van der Waals surface area contributed by atoms with Gasteiger partial charge in [-0.2, -0.15) is 0 Å². The molecule has 0 bridgehead atoms. The zero-order valence-corrected chi connectivity index (χ0v) is 30.1. The summed E-state index contributed by atoms with van der Waals surface area (Å²) >= 11 is 1.72. The molecule has 46 heavy (non-hydrogen) atoms. The Bertz CT molecular complexity index is 1410. The maximum atomic E-state index is 13.0. The Labute approximate surface area is 282 Å². The van der Waals surface area contributed by atoms with Gasteiger partial charge in [-0.25, -0.2) is 18.2 Å². The van der Waals surface area contributed by atoms with Crippen LogP contribution in [-0.4, -0.2) is 53.4 Å². The van der Waals surface area contributed by atoms with Crippen LogP contribution in [0.25, 0.3) is 22.5 Å². The van der Waals surface area contributed by atoms with Gasteiger partial charge in [0.15, 0.2) is 15.0 Å². The number of urea groups is 1. The van der Waals surface area contributed by atoms with Crippen LogP contribution in [0.1, 0.15) is 111 Å². The Morgan fingerprint density at radius 3 is 2.00 bits per heavy atom. The number of unbranched alkanes of at least 4 members (excludes halogenated alkanes) is 9. The lowest BCUT2D eigenvalue weighted by molar-refractivity contribution is 0.172. The molecule has 1 heterocycles. The number of sulfone groups is 1. The molecule has 3 N–H and O–H groups in total. The normalized spacial score (nSPS) is 13.0. The lowest BCUT2D eigenvalue weighted by Gasteiger charge is -2.36. The third-order valence-corrected chi connectivity index (χ3v) is 11.0. The number of nitrogens with one attached hydrogen (secondary N) is 1. The van der Waals surface area contributed by atoms with Crippen LogP contribution in [0.15, 0.2) is 64.6 Å². The van der Waals surface area contributed by atoms with Gasteiger partial charge in [-0.1, -0.05) is 146 Å². The number of nitrogens with two attached hydrogens (primary N) is 1. The number of aromatic amines is 1. The fraction of sp³-hybridized carbons (Fsp3) is 0.568. The second kappa shape index (κ2) is 19.8. The van der Waals surface area contributed by atoms with Gasteiger partial charge in [-0.3, -0.25) is 0 Å². The molecule has 0 radical (unpaired) electrons. The first-order valence-corrected chi connectivity index (χ1v) is 20.1. The number of benzene rings is 2. The molecule has 0 fully saturated rings. The summed E-state index contributed by atoms with van der Waals surface area (Å²) in [5, 5.41) is 0.926. The van der Waals surface area contributed by atoms with Crippen LogP contribution in [0, 0.1) is 0 Å². The molecule has 0 aliphatic rings. The van der Waals surface area contributed by atoms with Crippen molar-refractivity contribution in [2.24, 2.45) is 5.73 Å². The van der Waals surface area contributed by atoms with Crippen LogP contribution < -0.4 is 5.73 Å². The number of carbonyl (C=O) groups excluding carboxylic acids is 1. The van der Waals surface area contributed by atoms with Crippen LogP contribution in [0.4, 0.5) is 4.79 Å². The van der Waals surface area contributed by atoms with Gasteiger partial charge >= 0.3 is 6.03 Å². The first-order chi connectivity index (χ1) is 22.2. The highest BCUT2D eigenvalue weighted by atomic mass is 32.2. The van der Waals surface area contributed by atoms with Crippen molar-refractivity contribution < 1.29 is 13.2 Å². The Kier molecular flexibility index (Phi) is 16.2. The number of hydrogen-bond acceptors (Lipinski definition) is 5. The number of rotatable bonds is 22. The van der Waals surface area contributed by atoms with E-state index in [0.29, 0.717) is 6.54 Å². The van der Waals surface area contributed by atoms with E-state index in [0.717, 1.165) is 79.0 Å². The molecule has 0 aliphatic heterocycles. The minimum absolute atomic E-state index is 0.0182. The van der Waals surface area contributed by atoms with Crippen LogP contribution in [-0.2, 0) is 9.84 Å². The molecule has 254 valence electrons. The predicted molar refractivity (Wildman–Crippen MR) is 194 cm³/mol. The number of amides is 2.